The quantitative estimate of drug-likeness (QED) is 0.800. The van der Waals surface area contributed by atoms with Crippen molar-refractivity contribution in [3.8, 4) is 5.75 Å². The molecule has 1 atom stereocenters. The fraction of sp³-hybridized carbons (Fsp3) is 0.652. The van der Waals surface area contributed by atoms with Gasteiger partial charge in [0.15, 0.2) is 0 Å². The van der Waals surface area contributed by atoms with Gasteiger partial charge in [-0.15, -0.1) is 0 Å². The van der Waals surface area contributed by atoms with E-state index in [1.54, 1.807) is 0 Å². The molecule has 3 fully saturated rings. The largest absolute Gasteiger partial charge is 0.489 e. The zero-order valence-corrected chi connectivity index (χ0v) is 17.9. The van der Waals surface area contributed by atoms with Crippen LogP contribution >= 0.6 is 0 Å². The summed E-state index contributed by atoms with van der Waals surface area (Å²) in [5, 5.41) is 3.06. The van der Waals surface area contributed by atoms with Gasteiger partial charge in [0.1, 0.15) is 12.4 Å². The van der Waals surface area contributed by atoms with Crippen molar-refractivity contribution < 1.29 is 19.1 Å². The Morgan fingerprint density at radius 1 is 1.07 bits per heavy atom. The van der Waals surface area contributed by atoms with Crippen LogP contribution in [0.4, 0.5) is 10.5 Å². The molecule has 3 heterocycles. The van der Waals surface area contributed by atoms with Crippen molar-refractivity contribution in [2.45, 2.75) is 51.6 Å². The first kappa shape index (κ1) is 21.0. The first-order valence-corrected chi connectivity index (χ1v) is 11.3. The molecule has 30 heavy (non-hydrogen) atoms. The minimum absolute atomic E-state index is 0.00842. The molecule has 1 aromatic rings. The fourth-order valence-corrected chi connectivity index (χ4v) is 4.49. The van der Waals surface area contributed by atoms with Crippen LogP contribution in [0.25, 0.3) is 0 Å². The molecule has 3 aliphatic heterocycles. The van der Waals surface area contributed by atoms with E-state index in [0.717, 1.165) is 50.9 Å². The number of carbonyl (C=O) groups excluding carboxylic acids is 2. The van der Waals surface area contributed by atoms with E-state index in [-0.39, 0.29) is 24.0 Å². The summed E-state index contributed by atoms with van der Waals surface area (Å²) in [5.74, 6) is 0.620. The summed E-state index contributed by atoms with van der Waals surface area (Å²) in [4.78, 5) is 29.3. The smallest absolute Gasteiger partial charge is 0.319 e. The lowest BCUT2D eigenvalue weighted by Crippen LogP contribution is -2.47. The molecule has 1 unspecified atom stereocenters. The van der Waals surface area contributed by atoms with Crippen LogP contribution in [0.5, 0.6) is 5.75 Å². The Morgan fingerprint density at radius 2 is 1.80 bits per heavy atom. The van der Waals surface area contributed by atoms with Crippen LogP contribution in [0.15, 0.2) is 18.2 Å². The molecular weight excluding hydrogens is 382 g/mol. The molecule has 0 bridgehead atoms. The van der Waals surface area contributed by atoms with Crippen LogP contribution in [0, 0.1) is 12.8 Å². The number of hydrogen-bond donors (Lipinski definition) is 1. The molecule has 0 saturated carbocycles. The number of hydrogen-bond acceptors (Lipinski definition) is 4. The number of urea groups is 1. The Hall–Kier alpha value is -2.28. The SMILES string of the molecule is Cc1ccc(NC(=O)C2CCN(C(=O)N3CCCC3)CC2)c(OCC2CCCO2)c1. The number of carbonyl (C=O) groups is 2. The van der Waals surface area contributed by atoms with Gasteiger partial charge in [-0.1, -0.05) is 6.07 Å². The number of rotatable bonds is 5. The summed E-state index contributed by atoms with van der Waals surface area (Å²) < 4.78 is 11.6. The van der Waals surface area contributed by atoms with Crippen LogP contribution in [-0.4, -0.2) is 67.2 Å². The summed E-state index contributed by atoms with van der Waals surface area (Å²) in [7, 11) is 0. The lowest BCUT2D eigenvalue weighted by atomic mass is 9.96. The number of nitrogens with one attached hydrogen (secondary N) is 1. The van der Waals surface area contributed by atoms with E-state index in [1.807, 2.05) is 34.9 Å². The fourth-order valence-electron chi connectivity index (χ4n) is 4.49. The Labute approximate surface area is 178 Å². The van der Waals surface area contributed by atoms with Gasteiger partial charge in [-0.25, -0.2) is 4.79 Å². The highest BCUT2D eigenvalue weighted by Crippen LogP contribution is 2.29. The van der Waals surface area contributed by atoms with E-state index in [0.29, 0.717) is 44.0 Å². The van der Waals surface area contributed by atoms with E-state index in [9.17, 15) is 9.59 Å². The first-order chi connectivity index (χ1) is 14.6. The minimum Gasteiger partial charge on any atom is -0.489 e. The second-order valence-electron chi connectivity index (χ2n) is 8.67. The maximum atomic E-state index is 12.9. The summed E-state index contributed by atoms with van der Waals surface area (Å²) in [6, 6.07) is 5.98. The van der Waals surface area contributed by atoms with Crippen molar-refractivity contribution >= 4 is 17.6 Å². The summed E-state index contributed by atoms with van der Waals surface area (Å²) >= 11 is 0. The van der Waals surface area contributed by atoms with Gasteiger partial charge in [0.2, 0.25) is 5.91 Å². The predicted molar refractivity (Wildman–Crippen MR) is 115 cm³/mol. The van der Waals surface area contributed by atoms with E-state index < -0.39 is 0 Å². The zero-order valence-electron chi connectivity index (χ0n) is 17.9. The first-order valence-electron chi connectivity index (χ1n) is 11.3. The molecule has 0 radical (unpaired) electrons. The molecule has 1 aromatic carbocycles. The van der Waals surface area contributed by atoms with E-state index >= 15 is 0 Å². The van der Waals surface area contributed by atoms with Crippen molar-refractivity contribution in [3.05, 3.63) is 23.8 Å². The summed E-state index contributed by atoms with van der Waals surface area (Å²) in [5.41, 5.74) is 1.79. The number of nitrogens with zero attached hydrogens (tertiary/aromatic N) is 2. The zero-order chi connectivity index (χ0) is 20.9. The van der Waals surface area contributed by atoms with Crippen molar-refractivity contribution in [3.63, 3.8) is 0 Å². The van der Waals surface area contributed by atoms with Gasteiger partial charge in [0.25, 0.3) is 0 Å². The summed E-state index contributed by atoms with van der Waals surface area (Å²) in [6.07, 6.45) is 5.81. The third-order valence-electron chi connectivity index (χ3n) is 6.36. The number of anilines is 1. The topological polar surface area (TPSA) is 71.1 Å². The molecule has 0 spiro atoms. The number of ether oxygens (including phenoxy) is 2. The molecular formula is C23H33N3O4. The van der Waals surface area contributed by atoms with Gasteiger partial charge in [-0.3, -0.25) is 4.79 Å². The molecule has 164 valence electrons. The highest BCUT2D eigenvalue weighted by molar-refractivity contribution is 5.94. The number of amides is 3. The molecule has 4 rings (SSSR count). The Bertz CT molecular complexity index is 749. The third-order valence-corrected chi connectivity index (χ3v) is 6.36. The van der Waals surface area contributed by atoms with Crippen molar-refractivity contribution in [1.82, 2.24) is 9.80 Å². The number of aryl methyl sites for hydroxylation is 1. The predicted octanol–water partition coefficient (Wildman–Crippen LogP) is 3.42. The maximum absolute atomic E-state index is 12.9. The molecule has 3 aliphatic rings. The average molecular weight is 416 g/mol. The third kappa shape index (κ3) is 5.06. The van der Waals surface area contributed by atoms with Crippen LogP contribution in [0.2, 0.25) is 0 Å². The van der Waals surface area contributed by atoms with Crippen molar-refractivity contribution in [2.75, 3.05) is 44.7 Å². The van der Waals surface area contributed by atoms with Crippen LogP contribution in [0.3, 0.4) is 0 Å². The molecule has 7 nitrogen and oxygen atoms in total. The Morgan fingerprint density at radius 3 is 2.50 bits per heavy atom. The van der Waals surface area contributed by atoms with E-state index in [2.05, 4.69) is 5.32 Å². The lowest BCUT2D eigenvalue weighted by Gasteiger charge is -2.34. The maximum Gasteiger partial charge on any atom is 0.319 e. The van der Waals surface area contributed by atoms with Gasteiger partial charge in [-0.2, -0.15) is 0 Å². The van der Waals surface area contributed by atoms with Gasteiger partial charge >= 0.3 is 6.03 Å². The van der Waals surface area contributed by atoms with Gasteiger partial charge < -0.3 is 24.6 Å². The molecule has 3 saturated heterocycles. The Kier molecular flexibility index (Phi) is 6.77. The number of benzene rings is 1. The van der Waals surface area contributed by atoms with E-state index in [1.165, 1.54) is 0 Å². The van der Waals surface area contributed by atoms with Gasteiger partial charge in [0, 0.05) is 38.7 Å². The highest BCUT2D eigenvalue weighted by Gasteiger charge is 2.30. The molecule has 0 aromatic heterocycles. The molecule has 7 heteroatoms. The van der Waals surface area contributed by atoms with Gasteiger partial charge in [-0.05, 0) is 63.1 Å². The molecule has 1 N–H and O–H groups in total. The van der Waals surface area contributed by atoms with Crippen LogP contribution < -0.4 is 10.1 Å². The van der Waals surface area contributed by atoms with Crippen LogP contribution in [0.1, 0.15) is 44.1 Å². The van der Waals surface area contributed by atoms with Crippen molar-refractivity contribution in [1.29, 1.82) is 0 Å². The standard InChI is InChI=1S/C23H33N3O4/c1-17-6-7-20(21(15-17)30-16-19-5-4-14-29-19)24-22(27)18-8-12-26(13-9-18)23(28)25-10-2-3-11-25/h6-7,15,18-19H,2-5,8-14,16H2,1H3,(H,24,27). The Balaban J connectivity index is 1.31. The molecule has 0 aliphatic carbocycles. The van der Waals surface area contributed by atoms with Crippen LogP contribution in [-0.2, 0) is 9.53 Å². The monoisotopic (exact) mass is 415 g/mol. The molecule has 3 amide bonds. The summed E-state index contributed by atoms with van der Waals surface area (Å²) in [6.45, 7) is 6.32. The van der Waals surface area contributed by atoms with Crippen molar-refractivity contribution in [2.24, 2.45) is 5.92 Å². The minimum atomic E-state index is -0.0834. The lowest BCUT2D eigenvalue weighted by molar-refractivity contribution is -0.121. The second kappa shape index (κ2) is 9.69. The average Bonchev–Trinajstić information content (AvgIpc) is 3.48. The van der Waals surface area contributed by atoms with E-state index in [4.69, 9.17) is 9.47 Å². The second-order valence-corrected chi connectivity index (χ2v) is 8.67. The number of likely N-dealkylation sites (tertiary alicyclic amines) is 2. The normalized spacial score (nSPS) is 22.4. The number of piperidine rings is 1. The van der Waals surface area contributed by atoms with Gasteiger partial charge in [0.05, 0.1) is 11.8 Å². The highest BCUT2D eigenvalue weighted by atomic mass is 16.5.